The van der Waals surface area contributed by atoms with Gasteiger partial charge in [-0.25, -0.2) is 0 Å². The second-order valence-electron chi connectivity index (χ2n) is 6.98. The number of carbonyl (C=O) groups excluding carboxylic acids is 2. The largest absolute Gasteiger partial charge is 0.311 e. The Bertz CT molecular complexity index is 975. The molecule has 0 unspecified atom stereocenters. The fourth-order valence-electron chi connectivity index (χ4n) is 3.40. The molecule has 2 aromatic rings. The van der Waals surface area contributed by atoms with E-state index in [0.717, 1.165) is 36.9 Å². The number of amides is 2. The number of benzene rings is 1. The summed E-state index contributed by atoms with van der Waals surface area (Å²) in [5.41, 5.74) is 1.60. The number of non-ortho nitro benzene ring substituents is 1. The van der Waals surface area contributed by atoms with Crippen LogP contribution in [0.25, 0.3) is 0 Å². The maximum atomic E-state index is 12.8. The van der Waals surface area contributed by atoms with Gasteiger partial charge in [0, 0.05) is 37.3 Å². The first kappa shape index (κ1) is 19.8. The quantitative estimate of drug-likeness (QED) is 0.298. The molecule has 152 valence electrons. The summed E-state index contributed by atoms with van der Waals surface area (Å²) in [6, 6.07) is 4.85. The van der Waals surface area contributed by atoms with Crippen LogP contribution in [0.15, 0.2) is 22.5 Å². The number of hydrogen-bond donors (Lipinski definition) is 0. The van der Waals surface area contributed by atoms with Crippen molar-refractivity contribution in [2.45, 2.75) is 43.0 Å². The number of anilines is 2. The fraction of sp³-hybridized carbons (Fsp3) is 0.444. The Morgan fingerprint density at radius 2 is 2.17 bits per heavy atom. The summed E-state index contributed by atoms with van der Waals surface area (Å²) in [7, 11) is 0. The van der Waals surface area contributed by atoms with Gasteiger partial charge >= 0.3 is 0 Å². The highest BCUT2D eigenvalue weighted by molar-refractivity contribution is 8.01. The minimum atomic E-state index is -0.421. The Hall–Kier alpha value is -2.53. The Morgan fingerprint density at radius 3 is 2.86 bits per heavy atom. The minimum absolute atomic E-state index is 0.0412. The average Bonchev–Trinajstić information content (AvgIpc) is 3.42. The molecule has 11 heteroatoms. The number of nitro groups is 1. The molecular weight excluding hydrogens is 414 g/mol. The lowest BCUT2D eigenvalue weighted by Crippen LogP contribution is -2.36. The lowest BCUT2D eigenvalue weighted by molar-refractivity contribution is -0.384. The number of fused-ring (bicyclic) bond motifs is 1. The normalized spacial score (nSPS) is 15.7. The third-order valence-electron chi connectivity index (χ3n) is 4.87. The summed E-state index contributed by atoms with van der Waals surface area (Å²) in [5, 5.41) is 19.8. The molecule has 9 nitrogen and oxygen atoms in total. The van der Waals surface area contributed by atoms with E-state index in [0.29, 0.717) is 16.0 Å². The first-order chi connectivity index (χ1) is 13.9. The van der Waals surface area contributed by atoms with Gasteiger partial charge in [0.1, 0.15) is 0 Å². The van der Waals surface area contributed by atoms with E-state index >= 15 is 0 Å². The number of rotatable bonds is 6. The summed E-state index contributed by atoms with van der Waals surface area (Å²) in [4.78, 5) is 38.6. The molecule has 1 fully saturated rings. The van der Waals surface area contributed by atoms with Crippen molar-refractivity contribution in [3.8, 4) is 0 Å². The molecule has 0 saturated heterocycles. The van der Waals surface area contributed by atoms with E-state index in [9.17, 15) is 19.7 Å². The fourth-order valence-corrected chi connectivity index (χ4v) is 5.23. The van der Waals surface area contributed by atoms with Gasteiger partial charge in [0.15, 0.2) is 4.34 Å². The minimum Gasteiger partial charge on any atom is -0.311 e. The van der Waals surface area contributed by atoms with Crippen molar-refractivity contribution in [2.24, 2.45) is 0 Å². The van der Waals surface area contributed by atoms with Gasteiger partial charge in [-0.15, -0.1) is 10.2 Å². The molecule has 1 aliphatic carbocycles. The SMILES string of the molecule is CC(=O)N(c1nnc(SCC(=O)N2CCCc3cc([N+](=O)[O-])ccc32)s1)C1CC1. The molecule has 4 rings (SSSR count). The van der Waals surface area contributed by atoms with Crippen molar-refractivity contribution in [1.29, 1.82) is 0 Å². The van der Waals surface area contributed by atoms with E-state index in [-0.39, 0.29) is 29.3 Å². The molecule has 1 aromatic heterocycles. The number of nitro benzene ring substituents is 1. The first-order valence-electron chi connectivity index (χ1n) is 9.28. The molecule has 0 bridgehead atoms. The zero-order chi connectivity index (χ0) is 20.5. The van der Waals surface area contributed by atoms with E-state index in [1.54, 1.807) is 21.9 Å². The van der Waals surface area contributed by atoms with Gasteiger partial charge in [0.05, 0.1) is 10.7 Å². The van der Waals surface area contributed by atoms with Crippen LogP contribution >= 0.6 is 23.1 Å². The van der Waals surface area contributed by atoms with E-state index in [2.05, 4.69) is 10.2 Å². The van der Waals surface area contributed by atoms with Crippen molar-refractivity contribution < 1.29 is 14.5 Å². The van der Waals surface area contributed by atoms with Crippen LogP contribution in [0.2, 0.25) is 0 Å². The molecule has 0 atom stereocenters. The molecule has 0 radical (unpaired) electrons. The second kappa shape index (κ2) is 8.07. The number of nitrogens with zero attached hydrogens (tertiary/aromatic N) is 5. The van der Waals surface area contributed by atoms with Gasteiger partial charge in [-0.3, -0.25) is 24.6 Å². The van der Waals surface area contributed by atoms with Crippen LogP contribution in [0.4, 0.5) is 16.5 Å². The summed E-state index contributed by atoms with van der Waals surface area (Å²) < 4.78 is 0.640. The Morgan fingerprint density at radius 1 is 1.38 bits per heavy atom. The van der Waals surface area contributed by atoms with E-state index in [4.69, 9.17) is 0 Å². The third-order valence-corrected chi connectivity index (χ3v) is 6.91. The predicted molar refractivity (Wildman–Crippen MR) is 111 cm³/mol. The Labute approximate surface area is 175 Å². The molecule has 2 heterocycles. The van der Waals surface area contributed by atoms with Gasteiger partial charge in [0.2, 0.25) is 16.9 Å². The second-order valence-corrected chi connectivity index (χ2v) is 9.16. The molecule has 1 aromatic carbocycles. The van der Waals surface area contributed by atoms with Crippen molar-refractivity contribution in [1.82, 2.24) is 10.2 Å². The number of hydrogen-bond acceptors (Lipinski definition) is 8. The number of thioether (sulfide) groups is 1. The van der Waals surface area contributed by atoms with Gasteiger partial charge < -0.3 is 4.90 Å². The standard InChI is InChI=1S/C18H19N5O4S2/c1-11(24)22(13-4-5-13)17-19-20-18(29-17)28-10-16(25)21-8-2-3-12-9-14(23(26)27)6-7-15(12)21/h6-7,9,13H,2-5,8,10H2,1H3. The highest BCUT2D eigenvalue weighted by Gasteiger charge is 2.34. The topological polar surface area (TPSA) is 110 Å². The number of aryl methyl sites for hydroxylation is 1. The maximum absolute atomic E-state index is 12.8. The lowest BCUT2D eigenvalue weighted by atomic mass is 10.0. The number of carbonyl (C=O) groups is 2. The van der Waals surface area contributed by atoms with Crippen molar-refractivity contribution in [2.75, 3.05) is 22.1 Å². The zero-order valence-electron chi connectivity index (χ0n) is 15.7. The van der Waals surface area contributed by atoms with E-state index in [1.807, 2.05) is 0 Å². The molecular formula is C18H19N5O4S2. The van der Waals surface area contributed by atoms with Crippen molar-refractivity contribution in [3.05, 3.63) is 33.9 Å². The average molecular weight is 434 g/mol. The highest BCUT2D eigenvalue weighted by atomic mass is 32.2. The van der Waals surface area contributed by atoms with Gasteiger partial charge in [-0.1, -0.05) is 23.1 Å². The first-order valence-corrected chi connectivity index (χ1v) is 11.1. The van der Waals surface area contributed by atoms with Crippen LogP contribution in [0.1, 0.15) is 31.7 Å². The van der Waals surface area contributed by atoms with Crippen LogP contribution < -0.4 is 9.80 Å². The van der Waals surface area contributed by atoms with E-state index < -0.39 is 4.92 Å². The summed E-state index contributed by atoms with van der Waals surface area (Å²) in [5.74, 6) is 0.0663. The Balaban J connectivity index is 1.42. The monoisotopic (exact) mass is 433 g/mol. The van der Waals surface area contributed by atoms with Crippen LogP contribution in [-0.4, -0.2) is 45.3 Å². The molecule has 2 aliphatic rings. The highest BCUT2D eigenvalue weighted by Crippen LogP contribution is 2.36. The molecule has 0 spiro atoms. The van der Waals surface area contributed by atoms with Crippen LogP contribution in [0.3, 0.4) is 0 Å². The molecule has 1 aliphatic heterocycles. The van der Waals surface area contributed by atoms with Crippen LogP contribution in [-0.2, 0) is 16.0 Å². The van der Waals surface area contributed by atoms with Crippen LogP contribution in [0, 0.1) is 10.1 Å². The smallest absolute Gasteiger partial charge is 0.269 e. The van der Waals surface area contributed by atoms with Gasteiger partial charge in [0.25, 0.3) is 5.69 Å². The summed E-state index contributed by atoms with van der Waals surface area (Å²) >= 11 is 2.61. The molecule has 2 amide bonds. The third kappa shape index (κ3) is 4.25. The van der Waals surface area contributed by atoms with Gasteiger partial charge in [-0.2, -0.15) is 0 Å². The maximum Gasteiger partial charge on any atom is 0.269 e. The zero-order valence-corrected chi connectivity index (χ0v) is 17.4. The molecule has 29 heavy (non-hydrogen) atoms. The Kier molecular flexibility index (Phi) is 5.50. The molecule has 1 saturated carbocycles. The molecule has 0 N–H and O–H groups in total. The summed E-state index contributed by atoms with van der Waals surface area (Å²) in [6.45, 7) is 2.11. The van der Waals surface area contributed by atoms with Gasteiger partial charge in [-0.05, 0) is 37.3 Å². The lowest BCUT2D eigenvalue weighted by Gasteiger charge is -2.29. The summed E-state index contributed by atoms with van der Waals surface area (Å²) in [6.07, 6.45) is 3.44. The number of aromatic nitrogens is 2. The van der Waals surface area contributed by atoms with Crippen LogP contribution in [0.5, 0.6) is 0 Å². The van der Waals surface area contributed by atoms with Crippen molar-refractivity contribution >= 4 is 51.4 Å². The van der Waals surface area contributed by atoms with Crippen molar-refractivity contribution in [3.63, 3.8) is 0 Å². The predicted octanol–water partition coefficient (Wildman–Crippen LogP) is 3.03. The van der Waals surface area contributed by atoms with E-state index in [1.165, 1.54) is 36.1 Å².